The Balaban J connectivity index is 3.09. The number of rotatable bonds is 29. The summed E-state index contributed by atoms with van der Waals surface area (Å²) in [7, 11) is 0. The fourth-order valence-electron chi connectivity index (χ4n) is 2.75. The minimum absolute atomic E-state index is 0.0346. The molecule has 9 nitrogen and oxygen atoms in total. The predicted molar refractivity (Wildman–Crippen MR) is 127 cm³/mol. The lowest BCUT2D eigenvalue weighted by molar-refractivity contribution is -0.0247. The van der Waals surface area contributed by atoms with Gasteiger partial charge in [-0.25, -0.2) is 0 Å². The molecule has 0 spiro atoms. The highest BCUT2D eigenvalue weighted by molar-refractivity contribution is 4.55. The molecule has 0 aliphatic rings. The van der Waals surface area contributed by atoms with E-state index in [9.17, 15) is 0 Å². The molecule has 0 fully saturated rings. The Morgan fingerprint density at radius 1 is 0.485 bits per heavy atom. The molecule has 0 heterocycles. The van der Waals surface area contributed by atoms with Crippen molar-refractivity contribution < 1.29 is 43.0 Å². The molecule has 0 aliphatic heterocycles. The van der Waals surface area contributed by atoms with Crippen molar-refractivity contribution in [1.82, 2.24) is 0 Å². The monoisotopic (exact) mass is 482 g/mol. The van der Waals surface area contributed by atoms with E-state index < -0.39 is 0 Å². The molecule has 1 N–H and O–H groups in total. The lowest BCUT2D eigenvalue weighted by Gasteiger charge is -2.14. The normalized spacial score (nSPS) is 12.5. The van der Waals surface area contributed by atoms with E-state index in [4.69, 9.17) is 43.0 Å². The first-order valence-corrected chi connectivity index (χ1v) is 12.6. The lowest BCUT2D eigenvalue weighted by Crippen LogP contribution is -2.15. The van der Waals surface area contributed by atoms with Gasteiger partial charge in [-0.1, -0.05) is 33.1 Å². The summed E-state index contributed by atoms with van der Waals surface area (Å²) in [5, 5.41) is 8.55. The third kappa shape index (κ3) is 27.8. The SMILES string of the molecule is CCCCC(CC)COCCOCCOCCOCCOCCOCCOCCOCCO. The first-order valence-electron chi connectivity index (χ1n) is 12.6. The molecule has 0 aromatic carbocycles. The zero-order valence-corrected chi connectivity index (χ0v) is 21.1. The van der Waals surface area contributed by atoms with Crippen LogP contribution in [0.3, 0.4) is 0 Å². The molecule has 0 saturated carbocycles. The highest BCUT2D eigenvalue weighted by Gasteiger charge is 2.05. The minimum Gasteiger partial charge on any atom is -0.394 e. The summed E-state index contributed by atoms with van der Waals surface area (Å²) in [4.78, 5) is 0. The van der Waals surface area contributed by atoms with Crippen molar-refractivity contribution in [3.63, 3.8) is 0 Å². The maximum absolute atomic E-state index is 8.55. The van der Waals surface area contributed by atoms with E-state index in [0.29, 0.717) is 105 Å². The third-order valence-corrected chi connectivity index (χ3v) is 4.74. The van der Waals surface area contributed by atoms with Crippen LogP contribution in [0.15, 0.2) is 0 Å². The van der Waals surface area contributed by atoms with Gasteiger partial charge in [-0.2, -0.15) is 0 Å². The highest BCUT2D eigenvalue weighted by Crippen LogP contribution is 2.12. The average molecular weight is 483 g/mol. The number of hydrogen-bond acceptors (Lipinski definition) is 9. The Hall–Kier alpha value is -0.360. The van der Waals surface area contributed by atoms with Crippen LogP contribution in [0.2, 0.25) is 0 Å². The molecular formula is C24H50O9. The second-order valence-electron chi connectivity index (χ2n) is 7.50. The van der Waals surface area contributed by atoms with Crippen LogP contribution in [0.4, 0.5) is 0 Å². The Bertz CT molecular complexity index is 348. The molecular weight excluding hydrogens is 432 g/mol. The number of ether oxygens (including phenoxy) is 8. The van der Waals surface area contributed by atoms with Crippen LogP contribution in [0.1, 0.15) is 39.5 Å². The third-order valence-electron chi connectivity index (χ3n) is 4.74. The van der Waals surface area contributed by atoms with Crippen molar-refractivity contribution in [2.45, 2.75) is 39.5 Å². The van der Waals surface area contributed by atoms with E-state index in [1.54, 1.807) is 0 Å². The number of aliphatic hydroxyl groups is 1. The molecule has 0 amide bonds. The fourth-order valence-corrected chi connectivity index (χ4v) is 2.75. The van der Waals surface area contributed by atoms with Crippen molar-refractivity contribution in [3.05, 3.63) is 0 Å². The molecule has 33 heavy (non-hydrogen) atoms. The van der Waals surface area contributed by atoms with Crippen molar-refractivity contribution in [1.29, 1.82) is 0 Å². The molecule has 200 valence electrons. The van der Waals surface area contributed by atoms with Crippen LogP contribution in [0.5, 0.6) is 0 Å². The Labute approximate surface area is 201 Å². The van der Waals surface area contributed by atoms with Gasteiger partial charge in [-0.15, -0.1) is 0 Å². The minimum atomic E-state index is 0.0346. The molecule has 1 atom stereocenters. The first-order chi connectivity index (χ1) is 16.3. The smallest absolute Gasteiger partial charge is 0.0701 e. The number of hydrogen-bond donors (Lipinski definition) is 1. The molecule has 9 heteroatoms. The maximum Gasteiger partial charge on any atom is 0.0701 e. The van der Waals surface area contributed by atoms with Gasteiger partial charge >= 0.3 is 0 Å². The van der Waals surface area contributed by atoms with Crippen molar-refractivity contribution in [2.24, 2.45) is 5.92 Å². The van der Waals surface area contributed by atoms with Crippen LogP contribution in [0, 0.1) is 5.92 Å². The van der Waals surface area contributed by atoms with Gasteiger partial charge < -0.3 is 43.0 Å². The second-order valence-corrected chi connectivity index (χ2v) is 7.50. The van der Waals surface area contributed by atoms with Gasteiger partial charge in [0.2, 0.25) is 0 Å². The Kier molecular flexibility index (Phi) is 29.3. The zero-order valence-electron chi connectivity index (χ0n) is 21.1. The summed E-state index contributed by atoms with van der Waals surface area (Å²) >= 11 is 0. The van der Waals surface area contributed by atoms with Gasteiger partial charge in [0.1, 0.15) is 0 Å². The topological polar surface area (TPSA) is 94.1 Å². The largest absolute Gasteiger partial charge is 0.394 e. The molecule has 0 saturated heterocycles. The summed E-state index contributed by atoms with van der Waals surface area (Å²) in [5.74, 6) is 0.673. The molecule has 0 aromatic heterocycles. The number of unbranched alkanes of at least 4 members (excludes halogenated alkanes) is 1. The second kappa shape index (κ2) is 29.7. The van der Waals surface area contributed by atoms with E-state index >= 15 is 0 Å². The van der Waals surface area contributed by atoms with E-state index in [-0.39, 0.29) is 6.61 Å². The van der Waals surface area contributed by atoms with Crippen LogP contribution in [0.25, 0.3) is 0 Å². The van der Waals surface area contributed by atoms with E-state index in [0.717, 1.165) is 6.61 Å². The van der Waals surface area contributed by atoms with Gasteiger partial charge in [0.25, 0.3) is 0 Å². The molecule has 0 aromatic rings. The molecule has 0 rings (SSSR count). The average Bonchev–Trinajstić information content (AvgIpc) is 2.83. The Morgan fingerprint density at radius 2 is 0.818 bits per heavy atom. The molecule has 1 unspecified atom stereocenters. The summed E-state index contributed by atoms with van der Waals surface area (Å²) < 4.78 is 43.4. The fraction of sp³-hybridized carbons (Fsp3) is 1.00. The van der Waals surface area contributed by atoms with E-state index in [1.165, 1.54) is 25.7 Å². The van der Waals surface area contributed by atoms with Gasteiger partial charge in [0.05, 0.1) is 106 Å². The predicted octanol–water partition coefficient (Wildman–Crippen LogP) is 2.33. The molecule has 0 radical (unpaired) electrons. The Morgan fingerprint density at radius 3 is 1.12 bits per heavy atom. The standard InChI is InChI=1S/C24H50O9/c1-3-5-6-24(4-2)23-33-22-21-32-20-19-31-18-17-30-16-15-29-14-13-28-12-11-27-10-9-26-8-7-25/h24-25H,3-23H2,1-2H3. The quantitative estimate of drug-likeness (QED) is 0.161. The van der Waals surface area contributed by atoms with Crippen LogP contribution < -0.4 is 0 Å². The van der Waals surface area contributed by atoms with Gasteiger partial charge in [-0.3, -0.25) is 0 Å². The maximum atomic E-state index is 8.55. The van der Waals surface area contributed by atoms with Gasteiger partial charge in [0, 0.05) is 6.61 Å². The summed E-state index contributed by atoms with van der Waals surface area (Å²) in [6, 6.07) is 0. The van der Waals surface area contributed by atoms with Crippen molar-refractivity contribution in [2.75, 3.05) is 112 Å². The van der Waals surface area contributed by atoms with Crippen LogP contribution >= 0.6 is 0 Å². The zero-order chi connectivity index (χ0) is 24.1. The molecule has 0 bridgehead atoms. The van der Waals surface area contributed by atoms with Crippen molar-refractivity contribution >= 4 is 0 Å². The lowest BCUT2D eigenvalue weighted by atomic mass is 10.0. The number of aliphatic hydroxyl groups excluding tert-OH is 1. The summed E-state index contributed by atoms with van der Waals surface area (Å²) in [5.41, 5.74) is 0. The van der Waals surface area contributed by atoms with E-state index in [1.807, 2.05) is 0 Å². The van der Waals surface area contributed by atoms with Crippen molar-refractivity contribution in [3.8, 4) is 0 Å². The highest BCUT2D eigenvalue weighted by atomic mass is 16.6. The summed E-state index contributed by atoms with van der Waals surface area (Å²) in [6.45, 7) is 13.3. The van der Waals surface area contributed by atoms with Crippen LogP contribution in [-0.2, 0) is 37.9 Å². The first kappa shape index (κ1) is 32.6. The van der Waals surface area contributed by atoms with Gasteiger partial charge in [0.15, 0.2) is 0 Å². The van der Waals surface area contributed by atoms with E-state index in [2.05, 4.69) is 13.8 Å². The van der Waals surface area contributed by atoms with Crippen LogP contribution in [-0.4, -0.2) is 117 Å². The van der Waals surface area contributed by atoms with Gasteiger partial charge in [-0.05, 0) is 12.3 Å². The summed E-state index contributed by atoms with van der Waals surface area (Å²) in [6.07, 6.45) is 4.96. The molecule has 0 aliphatic carbocycles.